The van der Waals surface area contributed by atoms with E-state index in [0.29, 0.717) is 5.92 Å². The maximum atomic E-state index is 5.88. The second-order valence-electron chi connectivity index (χ2n) is 4.04. The first-order valence-corrected chi connectivity index (χ1v) is 4.46. The molecule has 0 fully saturated rings. The van der Waals surface area contributed by atoms with Crippen molar-refractivity contribution in [3.63, 3.8) is 0 Å². The number of nitrogens with two attached hydrogens (primary N) is 2. The molecule has 0 aromatic carbocycles. The first-order valence-electron chi connectivity index (χ1n) is 4.46. The predicted octanol–water partition coefficient (Wildman–Crippen LogP) is 1.34. The quantitative estimate of drug-likeness (QED) is 0.648. The van der Waals surface area contributed by atoms with Crippen LogP contribution in [-0.2, 0) is 0 Å². The Bertz CT molecular complexity index is 99.7. The molecule has 0 radical (unpaired) electrons. The van der Waals surface area contributed by atoms with Gasteiger partial charge in [0.25, 0.3) is 0 Å². The standard InChI is InChI=1S/C9H22N2/c1-6(2)5-7(3)9(11)8(4)10/h6-9H,5,10-11H2,1-4H3. The maximum absolute atomic E-state index is 5.88. The molecule has 4 N–H and O–H groups in total. The third-order valence-electron chi connectivity index (χ3n) is 2.11. The monoisotopic (exact) mass is 158 g/mol. The molecule has 0 bridgehead atoms. The van der Waals surface area contributed by atoms with Crippen LogP contribution >= 0.6 is 0 Å². The Kier molecular flexibility index (Phi) is 4.69. The van der Waals surface area contributed by atoms with E-state index in [1.54, 1.807) is 0 Å². The lowest BCUT2D eigenvalue weighted by Gasteiger charge is -2.24. The highest BCUT2D eigenvalue weighted by Gasteiger charge is 2.17. The summed E-state index contributed by atoms with van der Waals surface area (Å²) in [6.45, 7) is 8.57. The minimum atomic E-state index is 0.115. The molecule has 0 aliphatic carbocycles. The topological polar surface area (TPSA) is 52.0 Å². The molecular weight excluding hydrogens is 136 g/mol. The minimum absolute atomic E-state index is 0.115. The zero-order chi connectivity index (χ0) is 9.02. The van der Waals surface area contributed by atoms with Crippen LogP contribution in [0.3, 0.4) is 0 Å². The second-order valence-corrected chi connectivity index (χ2v) is 4.04. The van der Waals surface area contributed by atoms with E-state index >= 15 is 0 Å². The van der Waals surface area contributed by atoms with Gasteiger partial charge < -0.3 is 11.5 Å². The van der Waals surface area contributed by atoms with E-state index in [4.69, 9.17) is 11.5 Å². The highest BCUT2D eigenvalue weighted by Crippen LogP contribution is 2.14. The molecule has 3 atom stereocenters. The zero-order valence-corrected chi connectivity index (χ0v) is 8.17. The van der Waals surface area contributed by atoms with E-state index in [2.05, 4.69) is 20.8 Å². The van der Waals surface area contributed by atoms with Gasteiger partial charge in [-0.05, 0) is 25.2 Å². The smallest absolute Gasteiger partial charge is 0.0215 e. The summed E-state index contributed by atoms with van der Waals surface area (Å²) in [4.78, 5) is 0. The molecule has 2 nitrogen and oxygen atoms in total. The average molecular weight is 158 g/mol. The Morgan fingerprint density at radius 2 is 1.45 bits per heavy atom. The first-order chi connectivity index (χ1) is 4.95. The van der Waals surface area contributed by atoms with Crippen LogP contribution < -0.4 is 11.5 Å². The Morgan fingerprint density at radius 3 is 1.73 bits per heavy atom. The molecular formula is C9H22N2. The van der Waals surface area contributed by atoms with Crippen LogP contribution in [0, 0.1) is 11.8 Å². The lowest BCUT2D eigenvalue weighted by molar-refractivity contribution is 0.342. The summed E-state index contributed by atoms with van der Waals surface area (Å²) in [6.07, 6.45) is 1.17. The highest BCUT2D eigenvalue weighted by atomic mass is 14.8. The average Bonchev–Trinajstić information content (AvgIpc) is 1.84. The molecule has 0 aromatic heterocycles. The molecule has 11 heavy (non-hydrogen) atoms. The molecule has 0 aliphatic rings. The molecule has 0 amide bonds. The summed E-state index contributed by atoms with van der Waals surface area (Å²) in [5, 5.41) is 0. The van der Waals surface area contributed by atoms with Crippen molar-refractivity contribution >= 4 is 0 Å². The minimum Gasteiger partial charge on any atom is -0.327 e. The zero-order valence-electron chi connectivity index (χ0n) is 8.17. The van der Waals surface area contributed by atoms with Gasteiger partial charge in [0.1, 0.15) is 0 Å². The molecule has 0 spiro atoms. The van der Waals surface area contributed by atoms with Gasteiger partial charge in [0.2, 0.25) is 0 Å². The van der Waals surface area contributed by atoms with E-state index in [-0.39, 0.29) is 12.1 Å². The Balaban J connectivity index is 3.73. The Hall–Kier alpha value is -0.0800. The van der Waals surface area contributed by atoms with Gasteiger partial charge in [-0.1, -0.05) is 20.8 Å². The third-order valence-corrected chi connectivity index (χ3v) is 2.11. The molecule has 2 heteroatoms. The van der Waals surface area contributed by atoms with Crippen LogP contribution in [0.1, 0.15) is 34.1 Å². The molecule has 0 rings (SSSR count). The molecule has 0 saturated carbocycles. The van der Waals surface area contributed by atoms with Crippen molar-refractivity contribution in [1.29, 1.82) is 0 Å². The summed E-state index contributed by atoms with van der Waals surface area (Å²) < 4.78 is 0. The van der Waals surface area contributed by atoms with Gasteiger partial charge in [-0.2, -0.15) is 0 Å². The van der Waals surface area contributed by atoms with Crippen molar-refractivity contribution in [2.75, 3.05) is 0 Å². The summed E-state index contributed by atoms with van der Waals surface area (Å²) in [5.74, 6) is 1.25. The van der Waals surface area contributed by atoms with Crippen molar-refractivity contribution in [2.24, 2.45) is 23.3 Å². The van der Waals surface area contributed by atoms with Crippen molar-refractivity contribution in [1.82, 2.24) is 0 Å². The number of rotatable bonds is 4. The van der Waals surface area contributed by atoms with Crippen LogP contribution in [0.4, 0.5) is 0 Å². The predicted molar refractivity (Wildman–Crippen MR) is 50.2 cm³/mol. The van der Waals surface area contributed by atoms with Gasteiger partial charge in [-0.15, -0.1) is 0 Å². The fourth-order valence-corrected chi connectivity index (χ4v) is 1.42. The van der Waals surface area contributed by atoms with Crippen LogP contribution in [0.15, 0.2) is 0 Å². The van der Waals surface area contributed by atoms with Crippen LogP contribution in [0.5, 0.6) is 0 Å². The van der Waals surface area contributed by atoms with E-state index in [1.165, 1.54) is 6.42 Å². The SMILES string of the molecule is CC(C)CC(C)C(N)C(C)N. The van der Waals surface area contributed by atoms with Gasteiger partial charge in [-0.25, -0.2) is 0 Å². The van der Waals surface area contributed by atoms with Crippen molar-refractivity contribution in [2.45, 2.75) is 46.2 Å². The van der Waals surface area contributed by atoms with Gasteiger partial charge in [0.15, 0.2) is 0 Å². The third kappa shape index (κ3) is 4.38. The van der Waals surface area contributed by atoms with Gasteiger partial charge in [0, 0.05) is 12.1 Å². The molecule has 3 unspecified atom stereocenters. The summed E-state index contributed by atoms with van der Waals surface area (Å²) in [5.41, 5.74) is 11.6. The fourth-order valence-electron chi connectivity index (χ4n) is 1.42. The van der Waals surface area contributed by atoms with Gasteiger partial charge >= 0.3 is 0 Å². The molecule has 0 saturated heterocycles. The fraction of sp³-hybridized carbons (Fsp3) is 1.00. The normalized spacial score (nSPS) is 19.9. The lowest BCUT2D eigenvalue weighted by Crippen LogP contribution is -2.44. The van der Waals surface area contributed by atoms with Crippen LogP contribution in [0.25, 0.3) is 0 Å². The lowest BCUT2D eigenvalue weighted by atomic mass is 9.89. The highest BCUT2D eigenvalue weighted by molar-refractivity contribution is 4.77. The van der Waals surface area contributed by atoms with Crippen LogP contribution in [-0.4, -0.2) is 12.1 Å². The molecule has 0 aromatic rings. The van der Waals surface area contributed by atoms with Gasteiger partial charge in [-0.3, -0.25) is 0 Å². The van der Waals surface area contributed by atoms with E-state index in [0.717, 1.165) is 5.92 Å². The molecule has 0 aliphatic heterocycles. The van der Waals surface area contributed by atoms with Gasteiger partial charge in [0.05, 0.1) is 0 Å². The summed E-state index contributed by atoms with van der Waals surface area (Å²) in [6, 6.07) is 0.265. The Labute approximate surface area is 70.3 Å². The van der Waals surface area contributed by atoms with Crippen molar-refractivity contribution < 1.29 is 0 Å². The number of hydrogen-bond donors (Lipinski definition) is 2. The number of hydrogen-bond acceptors (Lipinski definition) is 2. The largest absolute Gasteiger partial charge is 0.327 e. The van der Waals surface area contributed by atoms with Crippen molar-refractivity contribution in [3.8, 4) is 0 Å². The maximum Gasteiger partial charge on any atom is 0.0215 e. The molecule has 68 valence electrons. The summed E-state index contributed by atoms with van der Waals surface area (Å²) >= 11 is 0. The van der Waals surface area contributed by atoms with E-state index in [1.807, 2.05) is 6.92 Å². The van der Waals surface area contributed by atoms with Crippen molar-refractivity contribution in [3.05, 3.63) is 0 Å². The van der Waals surface area contributed by atoms with E-state index in [9.17, 15) is 0 Å². The second kappa shape index (κ2) is 4.73. The Morgan fingerprint density at radius 1 is 1.00 bits per heavy atom. The first kappa shape index (κ1) is 10.9. The summed E-state index contributed by atoms with van der Waals surface area (Å²) in [7, 11) is 0. The van der Waals surface area contributed by atoms with E-state index < -0.39 is 0 Å². The molecule has 0 heterocycles. The van der Waals surface area contributed by atoms with Crippen LogP contribution in [0.2, 0.25) is 0 Å².